The highest BCUT2D eigenvalue weighted by atomic mass is 35.5. The van der Waals surface area contributed by atoms with Gasteiger partial charge in [0, 0.05) is 22.6 Å². The van der Waals surface area contributed by atoms with Crippen LogP contribution < -0.4 is 14.4 Å². The molecule has 0 aliphatic carbocycles. The first-order valence-electron chi connectivity index (χ1n) is 12.7. The van der Waals surface area contributed by atoms with Crippen LogP contribution in [0.4, 0.5) is 5.69 Å². The maximum atomic E-state index is 14.0. The molecule has 0 aliphatic heterocycles. The van der Waals surface area contributed by atoms with E-state index in [2.05, 4.69) is 5.32 Å². The first-order valence-corrected chi connectivity index (χ1v) is 14.9. The van der Waals surface area contributed by atoms with Crippen LogP contribution in [0, 0.1) is 0 Å². The van der Waals surface area contributed by atoms with Crippen molar-refractivity contribution in [2.75, 3.05) is 18.0 Å². The van der Waals surface area contributed by atoms with E-state index in [0.29, 0.717) is 27.8 Å². The zero-order valence-electron chi connectivity index (χ0n) is 22.8. The van der Waals surface area contributed by atoms with E-state index in [0.717, 1.165) is 4.31 Å². The molecular formula is C29H33Cl2N3O5S. The molecule has 3 rings (SSSR count). The molecule has 2 amide bonds. The summed E-state index contributed by atoms with van der Waals surface area (Å²) in [5.74, 6) is -0.396. The lowest BCUT2D eigenvalue weighted by atomic mass is 10.1. The highest BCUT2D eigenvalue weighted by molar-refractivity contribution is 7.92. The fourth-order valence-corrected chi connectivity index (χ4v) is 6.03. The number of benzene rings is 3. The predicted octanol–water partition coefficient (Wildman–Crippen LogP) is 5.53. The summed E-state index contributed by atoms with van der Waals surface area (Å²) in [5, 5.41) is 3.61. The summed E-state index contributed by atoms with van der Waals surface area (Å²) in [5.41, 5.74) is 0.833. The van der Waals surface area contributed by atoms with Crippen molar-refractivity contribution in [3.8, 4) is 5.75 Å². The van der Waals surface area contributed by atoms with Crippen molar-refractivity contribution in [3.05, 3.63) is 88.4 Å². The number of carbonyl (C=O) groups excluding carboxylic acids is 2. The van der Waals surface area contributed by atoms with Gasteiger partial charge < -0.3 is 15.0 Å². The molecule has 3 aromatic carbocycles. The van der Waals surface area contributed by atoms with Gasteiger partial charge in [-0.25, -0.2) is 8.42 Å². The van der Waals surface area contributed by atoms with E-state index in [4.69, 9.17) is 27.9 Å². The van der Waals surface area contributed by atoms with Crippen LogP contribution in [0.3, 0.4) is 0 Å². The topological polar surface area (TPSA) is 96.0 Å². The third kappa shape index (κ3) is 7.68. The molecule has 0 heterocycles. The van der Waals surface area contributed by atoms with Gasteiger partial charge in [0.25, 0.3) is 10.0 Å². The summed E-state index contributed by atoms with van der Waals surface area (Å²) in [6.07, 6.45) is 0.295. The molecule has 11 heteroatoms. The third-order valence-electron chi connectivity index (χ3n) is 6.14. The average molecular weight is 607 g/mol. The Kier molecular flexibility index (Phi) is 10.8. The molecule has 0 saturated heterocycles. The number of methoxy groups -OCH3 is 1. The van der Waals surface area contributed by atoms with Crippen LogP contribution in [-0.2, 0) is 26.2 Å². The number of hydrogen-bond acceptors (Lipinski definition) is 5. The van der Waals surface area contributed by atoms with Gasteiger partial charge in [0.05, 0.1) is 17.7 Å². The lowest BCUT2D eigenvalue weighted by molar-refractivity contribution is -0.140. The maximum Gasteiger partial charge on any atom is 0.264 e. The Morgan fingerprint density at radius 1 is 0.975 bits per heavy atom. The quantitative estimate of drug-likeness (QED) is 0.293. The standard InChI is InChI=1S/C29H33Cl2N3O5S/c1-5-27(29(36)32-20(2)3)33(18-21-11-12-22(30)17-26(21)31)28(35)19-34(23-13-15-24(39-4)16-14-23)40(37,38)25-9-7-6-8-10-25/h6-17,20,27H,5,18-19H2,1-4H3,(H,32,36)/t27-/m1/s1. The van der Waals surface area contributed by atoms with Crippen LogP contribution >= 0.6 is 23.2 Å². The van der Waals surface area contributed by atoms with E-state index in [-0.39, 0.29) is 29.1 Å². The normalized spacial score (nSPS) is 12.1. The number of anilines is 1. The van der Waals surface area contributed by atoms with E-state index in [1.165, 1.54) is 24.1 Å². The third-order valence-corrected chi connectivity index (χ3v) is 8.52. The Morgan fingerprint density at radius 2 is 1.62 bits per heavy atom. The second-order valence-corrected chi connectivity index (χ2v) is 12.1. The first-order chi connectivity index (χ1) is 19.0. The number of ether oxygens (including phenoxy) is 1. The molecule has 0 unspecified atom stereocenters. The number of sulfonamides is 1. The number of carbonyl (C=O) groups is 2. The van der Waals surface area contributed by atoms with E-state index >= 15 is 0 Å². The number of nitrogens with one attached hydrogen (secondary N) is 1. The summed E-state index contributed by atoms with van der Waals surface area (Å²) in [4.78, 5) is 28.6. The molecule has 0 aliphatic rings. The number of hydrogen-bond donors (Lipinski definition) is 1. The highest BCUT2D eigenvalue weighted by Crippen LogP contribution is 2.28. The molecule has 0 spiro atoms. The van der Waals surface area contributed by atoms with E-state index in [1.54, 1.807) is 67.6 Å². The predicted molar refractivity (Wildman–Crippen MR) is 158 cm³/mol. The van der Waals surface area contributed by atoms with Crippen LogP contribution in [0.5, 0.6) is 5.75 Å². The van der Waals surface area contributed by atoms with Gasteiger partial charge in [0.1, 0.15) is 18.3 Å². The molecule has 0 radical (unpaired) electrons. The van der Waals surface area contributed by atoms with E-state index in [9.17, 15) is 18.0 Å². The highest BCUT2D eigenvalue weighted by Gasteiger charge is 2.34. The minimum absolute atomic E-state index is 0.0236. The van der Waals surface area contributed by atoms with E-state index in [1.807, 2.05) is 13.8 Å². The second-order valence-electron chi connectivity index (χ2n) is 9.37. The Labute approximate surface area is 245 Å². The molecule has 1 N–H and O–H groups in total. The van der Waals surface area contributed by atoms with Crippen LogP contribution in [-0.4, -0.2) is 50.9 Å². The van der Waals surface area contributed by atoms with Crippen molar-refractivity contribution < 1.29 is 22.7 Å². The Balaban J connectivity index is 2.08. The van der Waals surface area contributed by atoms with Crippen LogP contribution in [0.25, 0.3) is 0 Å². The average Bonchev–Trinajstić information content (AvgIpc) is 2.92. The molecule has 0 saturated carbocycles. The van der Waals surface area contributed by atoms with Crippen LogP contribution in [0.15, 0.2) is 77.7 Å². The van der Waals surface area contributed by atoms with Gasteiger partial charge in [0.15, 0.2) is 0 Å². The number of halogens is 2. The first kappa shape index (κ1) is 31.3. The summed E-state index contributed by atoms with van der Waals surface area (Å²) in [6, 6.07) is 18.1. The van der Waals surface area contributed by atoms with Gasteiger partial charge in [-0.05, 0) is 74.4 Å². The SMILES string of the molecule is CC[C@H](C(=O)NC(C)C)N(Cc1ccc(Cl)cc1Cl)C(=O)CN(c1ccc(OC)cc1)S(=O)(=O)c1ccccc1. The second kappa shape index (κ2) is 13.9. The summed E-state index contributed by atoms with van der Waals surface area (Å²) in [7, 11) is -2.66. The number of amides is 2. The minimum atomic E-state index is -4.16. The largest absolute Gasteiger partial charge is 0.497 e. The number of nitrogens with zero attached hydrogens (tertiary/aromatic N) is 2. The Morgan fingerprint density at radius 3 is 2.17 bits per heavy atom. The van der Waals surface area contributed by atoms with Crippen molar-refractivity contribution in [3.63, 3.8) is 0 Å². The summed E-state index contributed by atoms with van der Waals surface area (Å²) >= 11 is 12.5. The van der Waals surface area contributed by atoms with E-state index < -0.39 is 28.5 Å². The molecule has 8 nitrogen and oxygen atoms in total. The molecule has 214 valence electrons. The van der Waals surface area contributed by atoms with Gasteiger partial charge in [-0.1, -0.05) is 54.4 Å². The van der Waals surface area contributed by atoms with Crippen molar-refractivity contribution in [2.24, 2.45) is 0 Å². The van der Waals surface area contributed by atoms with Crippen molar-refractivity contribution in [1.29, 1.82) is 0 Å². The Bertz CT molecular complexity index is 1420. The van der Waals surface area contributed by atoms with Gasteiger partial charge in [-0.15, -0.1) is 0 Å². The smallest absolute Gasteiger partial charge is 0.264 e. The maximum absolute atomic E-state index is 14.0. The fourth-order valence-electron chi connectivity index (χ4n) is 4.13. The zero-order valence-corrected chi connectivity index (χ0v) is 25.1. The molecule has 0 bridgehead atoms. The lowest BCUT2D eigenvalue weighted by Gasteiger charge is -2.33. The Hall–Kier alpha value is -3.27. The van der Waals surface area contributed by atoms with Crippen molar-refractivity contribution in [2.45, 2.75) is 50.7 Å². The fraction of sp³-hybridized carbons (Fsp3) is 0.310. The van der Waals surface area contributed by atoms with Gasteiger partial charge >= 0.3 is 0 Å². The van der Waals surface area contributed by atoms with Gasteiger partial charge in [0.2, 0.25) is 11.8 Å². The zero-order chi connectivity index (χ0) is 29.4. The molecule has 3 aromatic rings. The minimum Gasteiger partial charge on any atom is -0.497 e. The molecule has 0 fully saturated rings. The van der Waals surface area contributed by atoms with Crippen LogP contribution in [0.2, 0.25) is 10.0 Å². The molecular weight excluding hydrogens is 573 g/mol. The monoisotopic (exact) mass is 605 g/mol. The lowest BCUT2D eigenvalue weighted by Crippen LogP contribution is -2.53. The van der Waals surface area contributed by atoms with Gasteiger partial charge in [-0.2, -0.15) is 0 Å². The number of rotatable bonds is 12. The van der Waals surface area contributed by atoms with Crippen molar-refractivity contribution in [1.82, 2.24) is 10.2 Å². The van der Waals surface area contributed by atoms with Crippen LogP contribution in [0.1, 0.15) is 32.8 Å². The summed E-state index contributed by atoms with van der Waals surface area (Å²) < 4.78 is 33.9. The molecule has 40 heavy (non-hydrogen) atoms. The van der Waals surface area contributed by atoms with Crippen molar-refractivity contribution >= 4 is 50.7 Å². The summed E-state index contributed by atoms with van der Waals surface area (Å²) in [6.45, 7) is 4.85. The molecule has 1 atom stereocenters. The van der Waals surface area contributed by atoms with Gasteiger partial charge in [-0.3, -0.25) is 13.9 Å². The molecule has 0 aromatic heterocycles.